The standard InChI is InChI=1S/C16H26N2O4/c1-16(2,3)22-15(21)17-7-4-12(5-8-17)6-9-18-11-13(19)10-14(18)20/h12H,4-11H2,1-3H3. The maximum Gasteiger partial charge on any atom is 0.410 e. The summed E-state index contributed by atoms with van der Waals surface area (Å²) in [6.07, 6.45) is 2.58. The Morgan fingerprint density at radius 3 is 2.36 bits per heavy atom. The quantitative estimate of drug-likeness (QED) is 0.746. The maximum atomic E-state index is 12.0. The first-order valence-corrected chi connectivity index (χ1v) is 8.02. The van der Waals surface area contributed by atoms with Crippen LogP contribution < -0.4 is 0 Å². The average molecular weight is 310 g/mol. The van der Waals surface area contributed by atoms with Gasteiger partial charge in [0.1, 0.15) is 5.60 Å². The average Bonchev–Trinajstić information content (AvgIpc) is 2.73. The first-order chi connectivity index (χ1) is 10.2. The van der Waals surface area contributed by atoms with E-state index in [0.29, 0.717) is 25.6 Å². The molecule has 0 atom stereocenters. The summed E-state index contributed by atoms with van der Waals surface area (Å²) in [5.74, 6) is 0.475. The number of ketones is 1. The molecule has 0 N–H and O–H groups in total. The van der Waals surface area contributed by atoms with E-state index in [9.17, 15) is 14.4 Å². The maximum absolute atomic E-state index is 12.0. The molecule has 6 heteroatoms. The van der Waals surface area contributed by atoms with Crippen molar-refractivity contribution in [3.63, 3.8) is 0 Å². The number of likely N-dealkylation sites (tertiary alicyclic amines) is 2. The van der Waals surface area contributed by atoms with Gasteiger partial charge < -0.3 is 14.5 Å². The summed E-state index contributed by atoms with van der Waals surface area (Å²) in [6.45, 7) is 7.93. The molecule has 0 saturated carbocycles. The smallest absolute Gasteiger partial charge is 0.410 e. The summed E-state index contributed by atoms with van der Waals surface area (Å²) in [7, 11) is 0. The molecule has 2 saturated heterocycles. The van der Waals surface area contributed by atoms with Crippen LogP contribution in [0.1, 0.15) is 46.5 Å². The largest absolute Gasteiger partial charge is 0.444 e. The number of ether oxygens (including phenoxy) is 1. The highest BCUT2D eigenvalue weighted by Gasteiger charge is 2.30. The van der Waals surface area contributed by atoms with Gasteiger partial charge in [0.2, 0.25) is 5.91 Å². The number of carbonyl (C=O) groups is 3. The molecule has 0 radical (unpaired) electrons. The number of hydrogen-bond acceptors (Lipinski definition) is 4. The number of nitrogens with zero attached hydrogens (tertiary/aromatic N) is 2. The number of amides is 2. The van der Waals surface area contributed by atoms with Crippen molar-refractivity contribution in [2.45, 2.75) is 52.1 Å². The van der Waals surface area contributed by atoms with Crippen LogP contribution in [0.2, 0.25) is 0 Å². The molecule has 0 aliphatic carbocycles. The monoisotopic (exact) mass is 310 g/mol. The van der Waals surface area contributed by atoms with E-state index in [1.807, 2.05) is 20.8 Å². The summed E-state index contributed by atoms with van der Waals surface area (Å²) in [5, 5.41) is 0. The molecule has 2 aliphatic rings. The Kier molecular flexibility index (Phi) is 5.08. The summed E-state index contributed by atoms with van der Waals surface area (Å²) >= 11 is 0. The van der Waals surface area contributed by atoms with Crippen LogP contribution in [0.25, 0.3) is 0 Å². The predicted molar refractivity (Wildman–Crippen MR) is 81.4 cm³/mol. The van der Waals surface area contributed by atoms with Crippen molar-refractivity contribution in [1.82, 2.24) is 9.80 Å². The zero-order chi connectivity index (χ0) is 16.3. The second-order valence-electron chi connectivity index (χ2n) is 7.23. The second-order valence-corrected chi connectivity index (χ2v) is 7.23. The SMILES string of the molecule is CC(C)(C)OC(=O)N1CCC(CCN2CC(=O)CC2=O)CC1. The van der Waals surface area contributed by atoms with E-state index in [1.165, 1.54) is 0 Å². The molecule has 0 unspecified atom stereocenters. The third-order valence-corrected chi connectivity index (χ3v) is 4.14. The summed E-state index contributed by atoms with van der Waals surface area (Å²) < 4.78 is 5.38. The van der Waals surface area contributed by atoms with Crippen LogP contribution in [0, 0.1) is 5.92 Å². The van der Waals surface area contributed by atoms with Crippen molar-refractivity contribution >= 4 is 17.8 Å². The predicted octanol–water partition coefficient (Wildman–Crippen LogP) is 1.82. The first-order valence-electron chi connectivity index (χ1n) is 8.02. The normalized spacial score (nSPS) is 20.7. The third kappa shape index (κ3) is 4.71. The fourth-order valence-electron chi connectivity index (χ4n) is 2.91. The van der Waals surface area contributed by atoms with Crippen molar-refractivity contribution in [2.24, 2.45) is 5.92 Å². The van der Waals surface area contributed by atoms with Crippen LogP contribution in [0.15, 0.2) is 0 Å². The Morgan fingerprint density at radius 1 is 1.23 bits per heavy atom. The van der Waals surface area contributed by atoms with Gasteiger partial charge in [-0.1, -0.05) is 0 Å². The molecule has 2 fully saturated rings. The summed E-state index contributed by atoms with van der Waals surface area (Å²) in [4.78, 5) is 38.2. The van der Waals surface area contributed by atoms with Crippen LogP contribution in [-0.2, 0) is 14.3 Å². The van der Waals surface area contributed by atoms with E-state index in [-0.39, 0.29) is 30.7 Å². The highest BCUT2D eigenvalue weighted by molar-refractivity contribution is 6.05. The first kappa shape index (κ1) is 16.8. The van der Waals surface area contributed by atoms with Gasteiger partial charge in [0.25, 0.3) is 0 Å². The highest BCUT2D eigenvalue weighted by Crippen LogP contribution is 2.23. The number of carbonyl (C=O) groups excluding carboxylic acids is 3. The lowest BCUT2D eigenvalue weighted by molar-refractivity contribution is -0.128. The molecule has 2 amide bonds. The molecule has 2 rings (SSSR count). The van der Waals surface area contributed by atoms with Gasteiger partial charge in [0.15, 0.2) is 5.78 Å². The zero-order valence-electron chi connectivity index (χ0n) is 13.8. The molecule has 22 heavy (non-hydrogen) atoms. The van der Waals surface area contributed by atoms with Gasteiger partial charge in [-0.25, -0.2) is 4.79 Å². The van der Waals surface area contributed by atoms with E-state index in [2.05, 4.69) is 0 Å². The molecule has 124 valence electrons. The van der Waals surface area contributed by atoms with Gasteiger partial charge in [0.05, 0.1) is 13.0 Å². The Morgan fingerprint density at radius 2 is 1.86 bits per heavy atom. The van der Waals surface area contributed by atoms with Crippen molar-refractivity contribution in [2.75, 3.05) is 26.2 Å². The lowest BCUT2D eigenvalue weighted by Gasteiger charge is -2.33. The van der Waals surface area contributed by atoms with Crippen molar-refractivity contribution in [1.29, 1.82) is 0 Å². The molecule has 0 aromatic carbocycles. The number of hydrogen-bond donors (Lipinski definition) is 0. The molecular formula is C16H26N2O4. The van der Waals surface area contributed by atoms with Crippen molar-refractivity contribution < 1.29 is 19.1 Å². The number of Topliss-reactive ketones (excluding diaryl/α,β-unsaturated/α-hetero) is 1. The Bertz CT molecular complexity index is 448. The molecule has 0 aromatic heterocycles. The van der Waals surface area contributed by atoms with Gasteiger partial charge in [0, 0.05) is 19.6 Å². The van der Waals surface area contributed by atoms with Crippen LogP contribution in [0.5, 0.6) is 0 Å². The summed E-state index contributed by atoms with van der Waals surface area (Å²) in [5.41, 5.74) is -0.462. The summed E-state index contributed by atoms with van der Waals surface area (Å²) in [6, 6.07) is 0. The Balaban J connectivity index is 1.70. The molecule has 2 aliphatic heterocycles. The van der Waals surface area contributed by atoms with Gasteiger partial charge >= 0.3 is 6.09 Å². The van der Waals surface area contributed by atoms with Crippen LogP contribution >= 0.6 is 0 Å². The van der Waals surface area contributed by atoms with Gasteiger partial charge in [-0.05, 0) is 46.0 Å². The second kappa shape index (κ2) is 6.67. The zero-order valence-corrected chi connectivity index (χ0v) is 13.8. The van der Waals surface area contributed by atoms with Gasteiger partial charge in [-0.15, -0.1) is 0 Å². The van der Waals surface area contributed by atoms with Crippen molar-refractivity contribution in [3.8, 4) is 0 Å². The number of rotatable bonds is 3. The van der Waals surface area contributed by atoms with E-state index in [0.717, 1.165) is 19.3 Å². The topological polar surface area (TPSA) is 66.9 Å². The van der Waals surface area contributed by atoms with E-state index < -0.39 is 5.60 Å². The highest BCUT2D eigenvalue weighted by atomic mass is 16.6. The van der Waals surface area contributed by atoms with Gasteiger partial charge in [-0.2, -0.15) is 0 Å². The van der Waals surface area contributed by atoms with Crippen LogP contribution in [-0.4, -0.2) is 59.4 Å². The molecule has 2 heterocycles. The van der Waals surface area contributed by atoms with Gasteiger partial charge in [-0.3, -0.25) is 9.59 Å². The Labute approximate surface area is 131 Å². The molecule has 6 nitrogen and oxygen atoms in total. The van der Waals surface area contributed by atoms with E-state index >= 15 is 0 Å². The lowest BCUT2D eigenvalue weighted by atomic mass is 9.93. The molecule has 0 spiro atoms. The van der Waals surface area contributed by atoms with E-state index in [4.69, 9.17) is 4.74 Å². The van der Waals surface area contributed by atoms with Crippen molar-refractivity contribution in [3.05, 3.63) is 0 Å². The van der Waals surface area contributed by atoms with Crippen LogP contribution in [0.3, 0.4) is 0 Å². The third-order valence-electron chi connectivity index (χ3n) is 4.14. The lowest BCUT2D eigenvalue weighted by Crippen LogP contribution is -2.42. The number of piperidine rings is 1. The Hall–Kier alpha value is -1.59. The fourth-order valence-corrected chi connectivity index (χ4v) is 2.91. The minimum absolute atomic E-state index is 0.0183. The molecule has 0 aromatic rings. The van der Waals surface area contributed by atoms with E-state index in [1.54, 1.807) is 9.80 Å². The molecular weight excluding hydrogens is 284 g/mol. The molecule has 0 bridgehead atoms. The minimum Gasteiger partial charge on any atom is -0.444 e. The minimum atomic E-state index is -0.462. The fraction of sp³-hybridized carbons (Fsp3) is 0.812. The van der Waals surface area contributed by atoms with Crippen LogP contribution in [0.4, 0.5) is 4.79 Å².